The Hall–Kier alpha value is -0.900. The summed E-state index contributed by atoms with van der Waals surface area (Å²) in [5.41, 5.74) is 0.308. The van der Waals surface area contributed by atoms with Gasteiger partial charge in [-0.15, -0.1) is 24.0 Å². The van der Waals surface area contributed by atoms with Crippen molar-refractivity contribution in [2.45, 2.75) is 52.4 Å². The van der Waals surface area contributed by atoms with E-state index in [9.17, 15) is 0 Å². The molecule has 1 heterocycles. The van der Waals surface area contributed by atoms with Crippen LogP contribution in [0.25, 0.3) is 0 Å². The lowest BCUT2D eigenvalue weighted by Crippen LogP contribution is -2.39. The van der Waals surface area contributed by atoms with Crippen LogP contribution in [0.5, 0.6) is 0 Å². The molecule has 0 bridgehead atoms. The van der Waals surface area contributed by atoms with Gasteiger partial charge in [-0.3, -0.25) is 4.99 Å². The maximum atomic E-state index is 5.30. The lowest BCUT2D eigenvalue weighted by molar-refractivity contribution is 0.141. The van der Waals surface area contributed by atoms with E-state index in [1.54, 1.807) is 7.11 Å². The molecule has 2 N–H and O–H groups in total. The summed E-state index contributed by atoms with van der Waals surface area (Å²) in [5.74, 6) is 2.19. The third-order valence-corrected chi connectivity index (χ3v) is 4.62. The van der Waals surface area contributed by atoms with Crippen LogP contribution in [0.2, 0.25) is 0 Å². The number of nitrogens with one attached hydrogen (secondary N) is 2. The molecule has 1 aromatic rings. The SMILES string of the molecule is CCNC(=NCC1(CCOC)CCCC1)NCCc1nc(C)no1.I. The van der Waals surface area contributed by atoms with Crippen LogP contribution in [0.1, 0.15) is 50.7 Å². The number of aliphatic imine (C=N–C) groups is 1. The van der Waals surface area contributed by atoms with E-state index in [2.05, 4.69) is 27.7 Å². The van der Waals surface area contributed by atoms with Gasteiger partial charge in [0.1, 0.15) is 0 Å². The van der Waals surface area contributed by atoms with Crippen LogP contribution >= 0.6 is 24.0 Å². The van der Waals surface area contributed by atoms with Gasteiger partial charge in [-0.1, -0.05) is 18.0 Å². The number of hydrogen-bond acceptors (Lipinski definition) is 5. The number of nitrogens with zero attached hydrogens (tertiary/aromatic N) is 3. The molecule has 0 amide bonds. The van der Waals surface area contributed by atoms with Gasteiger partial charge >= 0.3 is 0 Å². The lowest BCUT2D eigenvalue weighted by atomic mass is 9.83. The van der Waals surface area contributed by atoms with Crippen molar-refractivity contribution < 1.29 is 9.26 Å². The summed E-state index contributed by atoms with van der Waals surface area (Å²) < 4.78 is 10.4. The van der Waals surface area contributed by atoms with E-state index in [1.807, 2.05) is 6.92 Å². The highest BCUT2D eigenvalue weighted by Gasteiger charge is 2.33. The second kappa shape index (κ2) is 11.7. The minimum absolute atomic E-state index is 0. The first kappa shape index (κ1) is 22.1. The molecule has 144 valence electrons. The van der Waals surface area contributed by atoms with Gasteiger partial charge < -0.3 is 19.9 Å². The van der Waals surface area contributed by atoms with Crippen molar-refractivity contribution in [3.8, 4) is 0 Å². The summed E-state index contributed by atoms with van der Waals surface area (Å²) in [6.45, 7) is 7.14. The van der Waals surface area contributed by atoms with Crippen molar-refractivity contribution in [2.75, 3.05) is 33.4 Å². The molecule has 1 saturated carbocycles. The minimum Gasteiger partial charge on any atom is -0.385 e. The van der Waals surface area contributed by atoms with E-state index >= 15 is 0 Å². The van der Waals surface area contributed by atoms with Gasteiger partial charge in [-0.25, -0.2) is 0 Å². The van der Waals surface area contributed by atoms with Crippen LogP contribution in [-0.4, -0.2) is 49.5 Å². The highest BCUT2D eigenvalue weighted by atomic mass is 127. The van der Waals surface area contributed by atoms with E-state index < -0.39 is 0 Å². The zero-order valence-corrected chi connectivity index (χ0v) is 18.0. The number of aromatic nitrogens is 2. The first-order valence-electron chi connectivity index (χ1n) is 8.98. The molecule has 0 spiro atoms. The van der Waals surface area contributed by atoms with Crippen LogP contribution in [0.3, 0.4) is 0 Å². The van der Waals surface area contributed by atoms with Gasteiger partial charge in [0.25, 0.3) is 0 Å². The first-order valence-corrected chi connectivity index (χ1v) is 8.98. The number of aryl methyl sites for hydroxylation is 1. The largest absolute Gasteiger partial charge is 0.385 e. The van der Waals surface area contributed by atoms with Crippen molar-refractivity contribution in [1.82, 2.24) is 20.8 Å². The van der Waals surface area contributed by atoms with Crippen LogP contribution in [0, 0.1) is 12.3 Å². The maximum Gasteiger partial charge on any atom is 0.228 e. The molecule has 1 fully saturated rings. The summed E-state index contributed by atoms with van der Waals surface area (Å²) in [6, 6.07) is 0. The fraction of sp³-hybridized carbons (Fsp3) is 0.824. The Labute approximate surface area is 167 Å². The van der Waals surface area contributed by atoms with Crippen molar-refractivity contribution in [3.63, 3.8) is 0 Å². The second-order valence-electron chi connectivity index (χ2n) is 6.56. The summed E-state index contributed by atoms with van der Waals surface area (Å²) >= 11 is 0. The van der Waals surface area contributed by atoms with Crippen molar-refractivity contribution in [2.24, 2.45) is 10.4 Å². The minimum atomic E-state index is 0. The number of ether oxygens (including phenoxy) is 1. The fourth-order valence-corrected chi connectivity index (χ4v) is 3.25. The van der Waals surface area contributed by atoms with Gasteiger partial charge in [0.15, 0.2) is 11.8 Å². The molecule has 0 aromatic carbocycles. The fourth-order valence-electron chi connectivity index (χ4n) is 3.25. The average Bonchev–Trinajstić information content (AvgIpc) is 3.20. The molecule has 0 saturated heterocycles. The van der Waals surface area contributed by atoms with E-state index in [1.165, 1.54) is 25.7 Å². The van der Waals surface area contributed by atoms with Gasteiger partial charge in [-0.05, 0) is 38.5 Å². The predicted molar refractivity (Wildman–Crippen MR) is 110 cm³/mol. The van der Waals surface area contributed by atoms with Crippen molar-refractivity contribution >= 4 is 29.9 Å². The summed E-state index contributed by atoms with van der Waals surface area (Å²) in [5, 5.41) is 10.5. The molecular weight excluding hydrogens is 433 g/mol. The maximum absolute atomic E-state index is 5.30. The first-order chi connectivity index (χ1) is 11.7. The van der Waals surface area contributed by atoms with Crippen molar-refractivity contribution in [3.05, 3.63) is 11.7 Å². The molecule has 25 heavy (non-hydrogen) atoms. The number of hydrogen-bond donors (Lipinski definition) is 2. The van der Waals surface area contributed by atoms with Crippen LogP contribution in [-0.2, 0) is 11.2 Å². The lowest BCUT2D eigenvalue weighted by Gasteiger charge is -2.27. The Morgan fingerprint density at radius 1 is 1.32 bits per heavy atom. The predicted octanol–water partition coefficient (Wildman–Crippen LogP) is 2.69. The molecule has 8 heteroatoms. The number of methoxy groups -OCH3 is 1. The van der Waals surface area contributed by atoms with Crippen molar-refractivity contribution in [1.29, 1.82) is 0 Å². The third-order valence-electron chi connectivity index (χ3n) is 4.62. The number of halogens is 1. The van der Waals surface area contributed by atoms with Crippen LogP contribution in [0.4, 0.5) is 0 Å². The van der Waals surface area contributed by atoms with Gasteiger partial charge in [0.05, 0.1) is 0 Å². The normalized spacial score (nSPS) is 16.5. The Balaban J connectivity index is 0.00000312. The standard InChI is InChI=1S/C17H31N5O2.HI/c1-4-18-16(19-11-7-15-21-14(2)22-24-15)20-13-17(10-12-23-3)8-5-6-9-17;/h4-13H2,1-3H3,(H2,18,19,20);1H. The molecule has 0 unspecified atom stereocenters. The Bertz CT molecular complexity index is 515. The van der Waals surface area contributed by atoms with Gasteiger partial charge in [-0.2, -0.15) is 4.98 Å². The van der Waals surface area contributed by atoms with E-state index in [0.717, 1.165) is 38.6 Å². The van der Waals surface area contributed by atoms with Gasteiger partial charge in [0, 0.05) is 39.8 Å². The quantitative estimate of drug-likeness (QED) is 0.332. The number of rotatable bonds is 9. The molecule has 0 aliphatic heterocycles. The second-order valence-corrected chi connectivity index (χ2v) is 6.56. The summed E-state index contributed by atoms with van der Waals surface area (Å²) in [4.78, 5) is 9.04. The Morgan fingerprint density at radius 2 is 2.08 bits per heavy atom. The molecule has 1 aliphatic rings. The molecular formula is C17H32IN5O2. The summed E-state index contributed by atoms with van der Waals surface area (Å²) in [6.07, 6.45) is 6.90. The topological polar surface area (TPSA) is 84.6 Å². The van der Waals surface area contributed by atoms with Crippen LogP contribution in [0.15, 0.2) is 9.52 Å². The summed E-state index contributed by atoms with van der Waals surface area (Å²) in [7, 11) is 1.77. The molecule has 2 rings (SSSR count). The highest BCUT2D eigenvalue weighted by Crippen LogP contribution is 2.41. The molecule has 1 aliphatic carbocycles. The molecule has 7 nitrogen and oxygen atoms in total. The Morgan fingerprint density at radius 3 is 2.68 bits per heavy atom. The van der Waals surface area contributed by atoms with E-state index in [-0.39, 0.29) is 24.0 Å². The Kier molecular flexibility index (Phi) is 10.3. The van der Waals surface area contributed by atoms with Gasteiger partial charge in [0.2, 0.25) is 5.89 Å². The van der Waals surface area contributed by atoms with E-state index in [0.29, 0.717) is 23.6 Å². The third kappa shape index (κ3) is 7.47. The van der Waals surface area contributed by atoms with E-state index in [4.69, 9.17) is 14.3 Å². The zero-order valence-electron chi connectivity index (χ0n) is 15.6. The van der Waals surface area contributed by atoms with Crippen LogP contribution < -0.4 is 10.6 Å². The molecule has 1 aromatic heterocycles. The zero-order chi connectivity index (χ0) is 17.3. The average molecular weight is 465 g/mol. The number of guanidine groups is 1. The molecule has 0 radical (unpaired) electrons. The highest BCUT2D eigenvalue weighted by molar-refractivity contribution is 14.0. The monoisotopic (exact) mass is 465 g/mol. The smallest absolute Gasteiger partial charge is 0.228 e. The molecule has 0 atom stereocenters.